The molecule has 0 aliphatic heterocycles. The van der Waals surface area contributed by atoms with Crippen LogP contribution in [-0.4, -0.2) is 9.78 Å². The van der Waals surface area contributed by atoms with E-state index >= 15 is 0 Å². The van der Waals surface area contributed by atoms with Gasteiger partial charge in [-0.1, -0.05) is 45.0 Å². The molecule has 3 nitrogen and oxygen atoms in total. The predicted molar refractivity (Wildman–Crippen MR) is 75.6 cm³/mol. The van der Waals surface area contributed by atoms with Gasteiger partial charge in [0.15, 0.2) is 0 Å². The second kappa shape index (κ2) is 4.48. The van der Waals surface area contributed by atoms with Gasteiger partial charge in [-0.25, -0.2) is 4.68 Å². The molecule has 3 heteroatoms. The van der Waals surface area contributed by atoms with E-state index in [0.717, 1.165) is 0 Å². The van der Waals surface area contributed by atoms with Crippen molar-refractivity contribution in [2.24, 2.45) is 0 Å². The third-order valence-electron chi connectivity index (χ3n) is 3.33. The maximum absolute atomic E-state index is 5.88. The van der Waals surface area contributed by atoms with Crippen molar-refractivity contribution >= 4 is 5.82 Å². The molecule has 2 aromatic rings. The van der Waals surface area contributed by atoms with Crippen molar-refractivity contribution in [2.75, 3.05) is 5.73 Å². The normalized spacial score (nSPS) is 13.6. The molecule has 18 heavy (non-hydrogen) atoms. The van der Waals surface area contributed by atoms with E-state index in [4.69, 9.17) is 5.73 Å². The molecule has 96 valence electrons. The minimum atomic E-state index is 0.161. The van der Waals surface area contributed by atoms with E-state index < -0.39 is 0 Å². The lowest BCUT2D eigenvalue weighted by Crippen LogP contribution is -2.13. The molecular weight excluding hydrogens is 222 g/mol. The predicted octanol–water partition coefficient (Wildman–Crippen LogP) is 3.37. The molecule has 1 unspecified atom stereocenters. The molecule has 0 aliphatic carbocycles. The van der Waals surface area contributed by atoms with E-state index in [1.807, 2.05) is 10.7 Å². The molecule has 0 spiro atoms. The fourth-order valence-corrected chi connectivity index (χ4v) is 2.05. The highest BCUT2D eigenvalue weighted by Gasteiger charge is 2.15. The van der Waals surface area contributed by atoms with Gasteiger partial charge in [-0.15, -0.1) is 0 Å². The largest absolute Gasteiger partial charge is 0.384 e. The van der Waals surface area contributed by atoms with E-state index in [1.54, 1.807) is 6.20 Å². The first-order valence-corrected chi connectivity index (χ1v) is 6.29. The molecule has 0 radical (unpaired) electrons. The van der Waals surface area contributed by atoms with E-state index in [1.165, 1.54) is 11.1 Å². The van der Waals surface area contributed by atoms with Crippen molar-refractivity contribution in [1.82, 2.24) is 9.78 Å². The summed E-state index contributed by atoms with van der Waals surface area (Å²) in [6.07, 6.45) is 1.73. The summed E-state index contributed by atoms with van der Waals surface area (Å²) in [4.78, 5) is 0. The smallest absolute Gasteiger partial charge is 0.122 e. The fourth-order valence-electron chi connectivity index (χ4n) is 2.05. The molecule has 1 aromatic heterocycles. The number of aromatic nitrogens is 2. The van der Waals surface area contributed by atoms with Crippen molar-refractivity contribution in [2.45, 2.75) is 39.2 Å². The SMILES string of the molecule is CC(c1ccc(C(C)(C)C)cc1)n1nccc1N. The maximum atomic E-state index is 5.88. The summed E-state index contributed by atoms with van der Waals surface area (Å²) in [5, 5.41) is 4.25. The first-order chi connectivity index (χ1) is 8.39. The number of nitrogen functional groups attached to an aromatic ring is 1. The van der Waals surface area contributed by atoms with Crippen LogP contribution in [0.1, 0.15) is 44.9 Å². The average molecular weight is 243 g/mol. The summed E-state index contributed by atoms with van der Waals surface area (Å²) in [6.45, 7) is 8.76. The van der Waals surface area contributed by atoms with E-state index in [0.29, 0.717) is 5.82 Å². The minimum absolute atomic E-state index is 0.161. The Morgan fingerprint density at radius 1 is 1.11 bits per heavy atom. The highest BCUT2D eigenvalue weighted by atomic mass is 15.3. The lowest BCUT2D eigenvalue weighted by atomic mass is 9.86. The first-order valence-electron chi connectivity index (χ1n) is 6.29. The van der Waals surface area contributed by atoms with Gasteiger partial charge in [0.25, 0.3) is 0 Å². The molecule has 2 rings (SSSR count). The van der Waals surface area contributed by atoms with Gasteiger partial charge < -0.3 is 5.73 Å². The summed E-state index contributed by atoms with van der Waals surface area (Å²) in [6, 6.07) is 10.7. The second-order valence-corrected chi connectivity index (χ2v) is 5.75. The number of rotatable bonds is 2. The van der Waals surface area contributed by atoms with E-state index in [-0.39, 0.29) is 11.5 Å². The molecular formula is C15H21N3. The molecule has 0 saturated heterocycles. The number of hydrogen-bond acceptors (Lipinski definition) is 2. The maximum Gasteiger partial charge on any atom is 0.122 e. The highest BCUT2D eigenvalue weighted by molar-refractivity contribution is 5.33. The Bertz CT molecular complexity index is 517. The number of nitrogens with zero attached hydrogens (tertiary/aromatic N) is 2. The summed E-state index contributed by atoms with van der Waals surface area (Å²) >= 11 is 0. The highest BCUT2D eigenvalue weighted by Crippen LogP contribution is 2.25. The Balaban J connectivity index is 2.28. The van der Waals surface area contributed by atoms with Crippen LogP contribution < -0.4 is 5.73 Å². The monoisotopic (exact) mass is 243 g/mol. The molecule has 0 aliphatic rings. The lowest BCUT2D eigenvalue weighted by Gasteiger charge is -2.20. The van der Waals surface area contributed by atoms with Crippen molar-refractivity contribution in [3.8, 4) is 0 Å². The molecule has 0 amide bonds. The topological polar surface area (TPSA) is 43.8 Å². The molecule has 1 heterocycles. The Labute approximate surface area is 109 Å². The standard InChI is InChI=1S/C15H21N3/c1-11(18-14(16)9-10-17-18)12-5-7-13(8-6-12)15(2,3)4/h5-11H,16H2,1-4H3. The van der Waals surface area contributed by atoms with E-state index in [9.17, 15) is 0 Å². The van der Waals surface area contributed by atoms with Crippen molar-refractivity contribution in [3.63, 3.8) is 0 Å². The summed E-state index contributed by atoms with van der Waals surface area (Å²) in [7, 11) is 0. The van der Waals surface area contributed by atoms with Gasteiger partial charge >= 0.3 is 0 Å². The quantitative estimate of drug-likeness (QED) is 0.878. The fraction of sp³-hybridized carbons (Fsp3) is 0.400. The van der Waals surface area contributed by atoms with E-state index in [2.05, 4.69) is 57.1 Å². The zero-order chi connectivity index (χ0) is 13.3. The average Bonchev–Trinajstić information content (AvgIpc) is 2.73. The van der Waals surface area contributed by atoms with Crippen LogP contribution in [0.25, 0.3) is 0 Å². The Hall–Kier alpha value is -1.77. The Morgan fingerprint density at radius 3 is 2.17 bits per heavy atom. The number of hydrogen-bond donors (Lipinski definition) is 1. The van der Waals surface area contributed by atoms with Crippen LogP contribution in [-0.2, 0) is 5.41 Å². The van der Waals surface area contributed by atoms with Crippen LogP contribution in [0, 0.1) is 0 Å². The van der Waals surface area contributed by atoms with Gasteiger partial charge in [-0.2, -0.15) is 5.10 Å². The zero-order valence-electron chi connectivity index (χ0n) is 11.5. The molecule has 1 aromatic carbocycles. The third-order valence-corrected chi connectivity index (χ3v) is 3.33. The van der Waals surface area contributed by atoms with Gasteiger partial charge in [-0.05, 0) is 29.5 Å². The molecule has 0 fully saturated rings. The summed E-state index contributed by atoms with van der Waals surface area (Å²) in [5.41, 5.74) is 8.63. The number of benzene rings is 1. The van der Waals surface area contributed by atoms with Gasteiger partial charge in [0.1, 0.15) is 5.82 Å². The van der Waals surface area contributed by atoms with Crippen molar-refractivity contribution in [1.29, 1.82) is 0 Å². The van der Waals surface area contributed by atoms with Crippen LogP contribution in [0.15, 0.2) is 36.5 Å². The van der Waals surface area contributed by atoms with Crippen LogP contribution >= 0.6 is 0 Å². The molecule has 0 bridgehead atoms. The van der Waals surface area contributed by atoms with Crippen molar-refractivity contribution < 1.29 is 0 Å². The summed E-state index contributed by atoms with van der Waals surface area (Å²) in [5.74, 6) is 0.697. The van der Waals surface area contributed by atoms with Crippen LogP contribution in [0.4, 0.5) is 5.82 Å². The number of anilines is 1. The van der Waals surface area contributed by atoms with Crippen molar-refractivity contribution in [3.05, 3.63) is 47.7 Å². The van der Waals surface area contributed by atoms with Gasteiger partial charge in [0.2, 0.25) is 0 Å². The van der Waals surface area contributed by atoms with Crippen LogP contribution in [0.3, 0.4) is 0 Å². The molecule has 2 N–H and O–H groups in total. The number of nitrogens with two attached hydrogens (primary N) is 1. The minimum Gasteiger partial charge on any atom is -0.384 e. The zero-order valence-corrected chi connectivity index (χ0v) is 11.5. The Morgan fingerprint density at radius 2 is 1.72 bits per heavy atom. The second-order valence-electron chi connectivity index (χ2n) is 5.75. The molecule has 0 saturated carbocycles. The lowest BCUT2D eigenvalue weighted by molar-refractivity contribution is 0.568. The van der Waals surface area contributed by atoms with Gasteiger partial charge in [0.05, 0.1) is 12.2 Å². The van der Waals surface area contributed by atoms with Crippen LogP contribution in [0.5, 0.6) is 0 Å². The Kier molecular flexibility index (Phi) is 3.16. The van der Waals surface area contributed by atoms with Gasteiger partial charge in [0, 0.05) is 0 Å². The third kappa shape index (κ3) is 2.40. The van der Waals surface area contributed by atoms with Crippen LogP contribution in [0.2, 0.25) is 0 Å². The van der Waals surface area contributed by atoms with Gasteiger partial charge in [-0.3, -0.25) is 0 Å². The molecule has 1 atom stereocenters. The first kappa shape index (κ1) is 12.7. The summed E-state index contributed by atoms with van der Waals surface area (Å²) < 4.78 is 1.84.